The highest BCUT2D eigenvalue weighted by Crippen LogP contribution is 2.17. The maximum atomic E-state index is 11.8. The number of pyridine rings is 1. The summed E-state index contributed by atoms with van der Waals surface area (Å²) in [7, 11) is 0. The van der Waals surface area contributed by atoms with Gasteiger partial charge in [0.05, 0.1) is 0 Å². The topological polar surface area (TPSA) is 66.0 Å². The number of aryl methyl sites for hydroxylation is 1. The van der Waals surface area contributed by atoms with Gasteiger partial charge in [0, 0.05) is 25.2 Å². The molecule has 1 saturated heterocycles. The van der Waals surface area contributed by atoms with Gasteiger partial charge in [0.15, 0.2) is 0 Å². The SMILES string of the molecule is Cc1cccc(NCCNC(=O)CCC2CCNCC2)n1. The number of anilines is 1. The van der Waals surface area contributed by atoms with Gasteiger partial charge in [-0.2, -0.15) is 0 Å². The lowest BCUT2D eigenvalue weighted by atomic mass is 9.93. The first-order valence-corrected chi connectivity index (χ1v) is 7.89. The summed E-state index contributed by atoms with van der Waals surface area (Å²) in [6, 6.07) is 5.88. The quantitative estimate of drug-likeness (QED) is 0.669. The number of nitrogens with zero attached hydrogens (tertiary/aromatic N) is 1. The molecule has 1 amide bonds. The lowest BCUT2D eigenvalue weighted by Crippen LogP contribution is -2.31. The Morgan fingerprint density at radius 1 is 1.33 bits per heavy atom. The molecule has 116 valence electrons. The normalized spacial score (nSPS) is 15.7. The summed E-state index contributed by atoms with van der Waals surface area (Å²) in [6.45, 7) is 5.50. The van der Waals surface area contributed by atoms with Crippen LogP contribution in [0.2, 0.25) is 0 Å². The van der Waals surface area contributed by atoms with Gasteiger partial charge >= 0.3 is 0 Å². The van der Waals surface area contributed by atoms with E-state index in [4.69, 9.17) is 0 Å². The Kier molecular flexibility index (Phi) is 6.47. The molecular weight excluding hydrogens is 264 g/mol. The number of aromatic nitrogens is 1. The van der Waals surface area contributed by atoms with E-state index < -0.39 is 0 Å². The molecule has 5 heteroatoms. The number of piperidine rings is 1. The standard InChI is InChI=1S/C16H26N4O/c1-13-3-2-4-15(20-13)18-11-12-19-16(21)6-5-14-7-9-17-10-8-14/h2-4,14,17H,5-12H2,1H3,(H,18,20)(H,19,21). The fraction of sp³-hybridized carbons (Fsp3) is 0.625. The molecule has 0 aliphatic carbocycles. The number of hydrogen-bond acceptors (Lipinski definition) is 4. The van der Waals surface area contributed by atoms with Gasteiger partial charge in [-0.25, -0.2) is 4.98 Å². The van der Waals surface area contributed by atoms with Crippen molar-refractivity contribution in [2.75, 3.05) is 31.5 Å². The molecule has 1 aromatic heterocycles. The first-order chi connectivity index (χ1) is 10.2. The summed E-state index contributed by atoms with van der Waals surface area (Å²) in [6.07, 6.45) is 4.06. The van der Waals surface area contributed by atoms with E-state index in [9.17, 15) is 4.79 Å². The third-order valence-electron chi connectivity index (χ3n) is 3.88. The van der Waals surface area contributed by atoms with Gasteiger partial charge in [-0.1, -0.05) is 6.07 Å². The van der Waals surface area contributed by atoms with E-state index in [-0.39, 0.29) is 5.91 Å². The molecule has 2 heterocycles. The van der Waals surface area contributed by atoms with E-state index in [2.05, 4.69) is 20.9 Å². The zero-order chi connectivity index (χ0) is 14.9. The lowest BCUT2D eigenvalue weighted by Gasteiger charge is -2.22. The third-order valence-corrected chi connectivity index (χ3v) is 3.88. The first kappa shape index (κ1) is 15.8. The number of carbonyl (C=O) groups is 1. The highest BCUT2D eigenvalue weighted by Gasteiger charge is 2.14. The zero-order valence-electron chi connectivity index (χ0n) is 12.8. The summed E-state index contributed by atoms with van der Waals surface area (Å²) in [5, 5.41) is 9.52. The highest BCUT2D eigenvalue weighted by molar-refractivity contribution is 5.75. The van der Waals surface area contributed by atoms with E-state index in [1.807, 2.05) is 25.1 Å². The van der Waals surface area contributed by atoms with Crippen LogP contribution >= 0.6 is 0 Å². The number of carbonyl (C=O) groups excluding carboxylic acids is 1. The van der Waals surface area contributed by atoms with Crippen LogP contribution in [0.3, 0.4) is 0 Å². The molecule has 0 radical (unpaired) electrons. The monoisotopic (exact) mass is 290 g/mol. The Labute approximate surface area is 126 Å². The maximum absolute atomic E-state index is 11.8. The molecule has 0 atom stereocenters. The third kappa shape index (κ3) is 6.12. The van der Waals surface area contributed by atoms with Crippen molar-refractivity contribution < 1.29 is 4.79 Å². The summed E-state index contributed by atoms with van der Waals surface area (Å²) < 4.78 is 0. The summed E-state index contributed by atoms with van der Waals surface area (Å²) in [5.74, 6) is 1.73. The first-order valence-electron chi connectivity index (χ1n) is 7.89. The maximum Gasteiger partial charge on any atom is 0.220 e. The van der Waals surface area contributed by atoms with Crippen LogP contribution < -0.4 is 16.0 Å². The summed E-state index contributed by atoms with van der Waals surface area (Å²) in [4.78, 5) is 16.1. The van der Waals surface area contributed by atoms with Gasteiger partial charge in [-0.05, 0) is 57.3 Å². The van der Waals surface area contributed by atoms with E-state index in [1.165, 1.54) is 12.8 Å². The van der Waals surface area contributed by atoms with Crippen LogP contribution in [-0.2, 0) is 4.79 Å². The average Bonchev–Trinajstić information content (AvgIpc) is 2.51. The Hall–Kier alpha value is -1.62. The molecule has 21 heavy (non-hydrogen) atoms. The second kappa shape index (κ2) is 8.62. The van der Waals surface area contributed by atoms with Gasteiger partial charge in [0.25, 0.3) is 0 Å². The number of nitrogens with one attached hydrogen (secondary N) is 3. The van der Waals surface area contributed by atoms with Crippen LogP contribution in [0.15, 0.2) is 18.2 Å². The minimum Gasteiger partial charge on any atom is -0.368 e. The Balaban J connectivity index is 1.54. The van der Waals surface area contributed by atoms with Crippen molar-refractivity contribution in [3.05, 3.63) is 23.9 Å². The molecule has 0 saturated carbocycles. The van der Waals surface area contributed by atoms with Crippen LogP contribution in [0.5, 0.6) is 0 Å². The molecule has 0 unspecified atom stereocenters. The predicted octanol–water partition coefficient (Wildman–Crippen LogP) is 1.70. The van der Waals surface area contributed by atoms with Gasteiger partial charge in [-0.15, -0.1) is 0 Å². The fourth-order valence-corrected chi connectivity index (χ4v) is 2.63. The van der Waals surface area contributed by atoms with E-state index >= 15 is 0 Å². The van der Waals surface area contributed by atoms with Crippen molar-refractivity contribution in [3.8, 4) is 0 Å². The van der Waals surface area contributed by atoms with Gasteiger partial charge in [-0.3, -0.25) is 4.79 Å². The smallest absolute Gasteiger partial charge is 0.220 e. The molecule has 3 N–H and O–H groups in total. The Morgan fingerprint density at radius 2 is 2.14 bits per heavy atom. The van der Waals surface area contributed by atoms with Crippen molar-refractivity contribution in [2.45, 2.75) is 32.6 Å². The van der Waals surface area contributed by atoms with Crippen LogP contribution in [0.4, 0.5) is 5.82 Å². The van der Waals surface area contributed by atoms with Gasteiger partial charge in [0.2, 0.25) is 5.91 Å². The molecule has 0 bridgehead atoms. The zero-order valence-corrected chi connectivity index (χ0v) is 12.8. The van der Waals surface area contributed by atoms with Crippen LogP contribution in [-0.4, -0.2) is 37.1 Å². The molecule has 1 fully saturated rings. The van der Waals surface area contributed by atoms with E-state index in [1.54, 1.807) is 0 Å². The fourth-order valence-electron chi connectivity index (χ4n) is 2.63. The number of rotatable bonds is 7. The van der Waals surface area contributed by atoms with Gasteiger partial charge < -0.3 is 16.0 Å². The minimum atomic E-state index is 0.160. The van der Waals surface area contributed by atoms with E-state index in [0.717, 1.165) is 31.0 Å². The molecule has 2 rings (SSSR count). The molecular formula is C16H26N4O. The molecule has 0 spiro atoms. The predicted molar refractivity (Wildman–Crippen MR) is 85.3 cm³/mol. The van der Waals surface area contributed by atoms with Crippen molar-refractivity contribution >= 4 is 11.7 Å². The molecule has 1 aliphatic heterocycles. The molecule has 5 nitrogen and oxygen atoms in total. The number of amides is 1. The van der Waals surface area contributed by atoms with Crippen molar-refractivity contribution in [2.24, 2.45) is 5.92 Å². The van der Waals surface area contributed by atoms with Crippen molar-refractivity contribution in [1.82, 2.24) is 15.6 Å². The lowest BCUT2D eigenvalue weighted by molar-refractivity contribution is -0.121. The summed E-state index contributed by atoms with van der Waals surface area (Å²) >= 11 is 0. The van der Waals surface area contributed by atoms with Crippen molar-refractivity contribution in [1.29, 1.82) is 0 Å². The van der Waals surface area contributed by atoms with Crippen molar-refractivity contribution in [3.63, 3.8) is 0 Å². The van der Waals surface area contributed by atoms with Crippen LogP contribution in [0.1, 0.15) is 31.4 Å². The van der Waals surface area contributed by atoms with Crippen LogP contribution in [0.25, 0.3) is 0 Å². The van der Waals surface area contributed by atoms with Crippen LogP contribution in [0, 0.1) is 12.8 Å². The second-order valence-electron chi connectivity index (χ2n) is 5.67. The van der Waals surface area contributed by atoms with Gasteiger partial charge in [0.1, 0.15) is 5.82 Å². The second-order valence-corrected chi connectivity index (χ2v) is 5.67. The summed E-state index contributed by atoms with van der Waals surface area (Å²) in [5.41, 5.74) is 0.992. The molecule has 0 aromatic carbocycles. The Morgan fingerprint density at radius 3 is 2.90 bits per heavy atom. The average molecular weight is 290 g/mol. The molecule has 1 aliphatic rings. The Bertz CT molecular complexity index is 444. The van der Waals surface area contributed by atoms with E-state index in [0.29, 0.717) is 25.4 Å². The highest BCUT2D eigenvalue weighted by atomic mass is 16.1. The minimum absolute atomic E-state index is 0.160. The molecule has 1 aromatic rings. The number of hydrogen-bond donors (Lipinski definition) is 3. The largest absolute Gasteiger partial charge is 0.368 e.